The largest absolute Gasteiger partial charge is 0.459 e. The molecule has 98 valence electrons. The van der Waals surface area contributed by atoms with Crippen LogP contribution in [0.15, 0.2) is 0 Å². The van der Waals surface area contributed by atoms with Gasteiger partial charge >= 0.3 is 11.9 Å². The molecule has 0 aliphatic rings. The van der Waals surface area contributed by atoms with Gasteiger partial charge in [-0.1, -0.05) is 0 Å². The van der Waals surface area contributed by atoms with Gasteiger partial charge in [-0.2, -0.15) is 0 Å². The second-order valence-corrected chi connectivity index (χ2v) is 3.22. The molecule has 0 aliphatic carbocycles. The molecule has 0 rings (SSSR count). The molecule has 0 saturated heterocycles. The van der Waals surface area contributed by atoms with Crippen LogP contribution in [0.1, 0.15) is 6.92 Å². The van der Waals surface area contributed by atoms with E-state index in [1.54, 1.807) is 6.92 Å². The minimum atomic E-state index is -0.959. The summed E-state index contributed by atoms with van der Waals surface area (Å²) in [5.74, 6) is -2.16. The molecule has 0 bridgehead atoms. The van der Waals surface area contributed by atoms with Crippen LogP contribution >= 0.6 is 0 Å². The molecular formula is C10H18N2O5. The quantitative estimate of drug-likeness (QED) is 0.360. The number of ether oxygens (including phenoxy) is 2. The fraction of sp³-hybridized carbons (Fsp3) is 0.700. The van der Waals surface area contributed by atoms with Crippen LogP contribution < -0.4 is 5.32 Å². The normalized spacial score (nSPS) is 9.59. The highest BCUT2D eigenvalue weighted by Crippen LogP contribution is 1.89. The zero-order valence-electron chi connectivity index (χ0n) is 10.3. The summed E-state index contributed by atoms with van der Waals surface area (Å²) in [7, 11) is 2.87. The number of carbonyl (C=O) groups excluding carboxylic acids is 3. The second kappa shape index (κ2) is 8.51. The zero-order chi connectivity index (χ0) is 13.3. The molecule has 0 aromatic heterocycles. The van der Waals surface area contributed by atoms with Crippen LogP contribution in [0.3, 0.4) is 0 Å². The maximum absolute atomic E-state index is 11.3. The molecule has 0 radical (unpaired) electrons. The number of methoxy groups -OCH3 is 1. The first-order valence-electron chi connectivity index (χ1n) is 5.20. The van der Waals surface area contributed by atoms with E-state index in [1.807, 2.05) is 0 Å². The van der Waals surface area contributed by atoms with E-state index >= 15 is 0 Å². The lowest BCUT2D eigenvalue weighted by molar-refractivity contribution is -0.159. The molecule has 0 atom stereocenters. The Morgan fingerprint density at radius 2 is 1.94 bits per heavy atom. The smallest absolute Gasteiger partial charge is 0.397 e. The molecule has 7 nitrogen and oxygen atoms in total. The molecule has 0 aromatic carbocycles. The van der Waals surface area contributed by atoms with Gasteiger partial charge in [-0.25, -0.2) is 4.79 Å². The number of hydrogen-bond donors (Lipinski definition) is 1. The van der Waals surface area contributed by atoms with Gasteiger partial charge in [0.15, 0.2) is 0 Å². The van der Waals surface area contributed by atoms with E-state index in [4.69, 9.17) is 4.74 Å². The first kappa shape index (κ1) is 15.4. The van der Waals surface area contributed by atoms with Gasteiger partial charge in [0, 0.05) is 20.7 Å². The van der Waals surface area contributed by atoms with E-state index < -0.39 is 11.9 Å². The number of carbonyl (C=O) groups is 3. The summed E-state index contributed by atoms with van der Waals surface area (Å²) in [6.45, 7) is 2.28. The summed E-state index contributed by atoms with van der Waals surface area (Å²) in [4.78, 5) is 34.7. The highest BCUT2D eigenvalue weighted by atomic mass is 16.5. The first-order valence-corrected chi connectivity index (χ1v) is 5.20. The highest BCUT2D eigenvalue weighted by molar-refractivity contribution is 6.32. The van der Waals surface area contributed by atoms with Crippen molar-refractivity contribution >= 4 is 17.8 Å². The van der Waals surface area contributed by atoms with Crippen LogP contribution in [-0.2, 0) is 23.9 Å². The monoisotopic (exact) mass is 246 g/mol. The lowest BCUT2D eigenvalue weighted by atomic mass is 10.4. The van der Waals surface area contributed by atoms with Crippen LogP contribution in [-0.4, -0.2) is 63.1 Å². The Balaban J connectivity index is 3.98. The Labute approximate surface area is 100 Å². The third-order valence-electron chi connectivity index (χ3n) is 1.81. The lowest BCUT2D eigenvalue weighted by Crippen LogP contribution is -2.42. The van der Waals surface area contributed by atoms with Crippen LogP contribution in [0.5, 0.6) is 0 Å². The van der Waals surface area contributed by atoms with E-state index in [1.165, 1.54) is 14.2 Å². The van der Waals surface area contributed by atoms with Crippen LogP contribution in [0.25, 0.3) is 0 Å². The molecule has 0 spiro atoms. The van der Waals surface area contributed by atoms with Crippen LogP contribution in [0.2, 0.25) is 0 Å². The fourth-order valence-electron chi connectivity index (χ4n) is 0.984. The van der Waals surface area contributed by atoms with Crippen LogP contribution in [0.4, 0.5) is 0 Å². The minimum Gasteiger partial charge on any atom is -0.459 e. The van der Waals surface area contributed by atoms with Crippen molar-refractivity contribution < 1.29 is 23.9 Å². The third kappa shape index (κ3) is 6.52. The van der Waals surface area contributed by atoms with Crippen molar-refractivity contribution in [3.63, 3.8) is 0 Å². The molecule has 0 aromatic rings. The Kier molecular flexibility index (Phi) is 7.70. The van der Waals surface area contributed by atoms with Gasteiger partial charge in [-0.3, -0.25) is 9.59 Å². The van der Waals surface area contributed by atoms with E-state index in [0.717, 1.165) is 4.90 Å². The van der Waals surface area contributed by atoms with Crippen molar-refractivity contribution in [2.45, 2.75) is 6.92 Å². The molecule has 0 heterocycles. The van der Waals surface area contributed by atoms with Crippen molar-refractivity contribution in [2.24, 2.45) is 0 Å². The van der Waals surface area contributed by atoms with E-state index in [0.29, 0.717) is 13.2 Å². The van der Waals surface area contributed by atoms with Gasteiger partial charge in [0.05, 0.1) is 19.8 Å². The summed E-state index contributed by atoms with van der Waals surface area (Å²) >= 11 is 0. The number of nitrogens with zero attached hydrogens (tertiary/aromatic N) is 1. The van der Waals surface area contributed by atoms with Gasteiger partial charge in [-0.05, 0) is 6.92 Å². The summed E-state index contributed by atoms with van der Waals surface area (Å²) in [6, 6.07) is 0. The molecule has 0 saturated carbocycles. The maximum atomic E-state index is 11.3. The van der Waals surface area contributed by atoms with Gasteiger partial charge in [0.1, 0.15) is 0 Å². The Hall–Kier alpha value is -1.63. The molecule has 1 N–H and O–H groups in total. The molecule has 0 aliphatic heterocycles. The predicted molar refractivity (Wildman–Crippen MR) is 59.2 cm³/mol. The number of nitrogens with one attached hydrogen (secondary N) is 1. The second-order valence-electron chi connectivity index (χ2n) is 3.22. The third-order valence-corrected chi connectivity index (χ3v) is 1.81. The number of amides is 2. The average molecular weight is 246 g/mol. The number of esters is 1. The average Bonchev–Trinajstić information content (AvgIpc) is 2.28. The van der Waals surface area contributed by atoms with Gasteiger partial charge in [-0.15, -0.1) is 0 Å². The van der Waals surface area contributed by atoms with Gasteiger partial charge in [0.25, 0.3) is 0 Å². The Bertz CT molecular complexity index is 280. The van der Waals surface area contributed by atoms with Crippen molar-refractivity contribution in [3.05, 3.63) is 0 Å². The van der Waals surface area contributed by atoms with Crippen molar-refractivity contribution in [1.82, 2.24) is 10.2 Å². The fourth-order valence-corrected chi connectivity index (χ4v) is 0.984. The highest BCUT2D eigenvalue weighted by Gasteiger charge is 2.21. The van der Waals surface area contributed by atoms with Crippen molar-refractivity contribution in [3.8, 4) is 0 Å². The topological polar surface area (TPSA) is 84.9 Å². The molecule has 0 unspecified atom stereocenters. The Morgan fingerprint density at radius 1 is 1.29 bits per heavy atom. The molecule has 2 amide bonds. The molecule has 7 heteroatoms. The van der Waals surface area contributed by atoms with Gasteiger partial charge < -0.3 is 19.7 Å². The summed E-state index contributed by atoms with van der Waals surface area (Å²) in [5, 5.41) is 2.53. The van der Waals surface area contributed by atoms with Crippen molar-refractivity contribution in [1.29, 1.82) is 0 Å². The maximum Gasteiger partial charge on any atom is 0.397 e. The van der Waals surface area contributed by atoms with E-state index in [-0.39, 0.29) is 19.1 Å². The number of hydrogen-bond acceptors (Lipinski definition) is 5. The van der Waals surface area contributed by atoms with Crippen LogP contribution in [0, 0.1) is 0 Å². The molecule has 17 heavy (non-hydrogen) atoms. The first-order chi connectivity index (χ1) is 8.02. The standard InChI is InChI=1S/C10H18N2O5/c1-4-17-10(15)9(14)12(2)7-8(13)11-5-6-16-3/h4-7H2,1-3H3,(H,11,13). The van der Waals surface area contributed by atoms with E-state index in [2.05, 4.69) is 10.1 Å². The summed E-state index contributed by atoms with van der Waals surface area (Å²) in [5.41, 5.74) is 0. The minimum absolute atomic E-state index is 0.123. The SMILES string of the molecule is CCOC(=O)C(=O)N(C)CC(=O)NCCOC. The van der Waals surface area contributed by atoms with E-state index in [9.17, 15) is 14.4 Å². The summed E-state index contributed by atoms with van der Waals surface area (Å²) < 4.78 is 9.27. The Morgan fingerprint density at radius 3 is 2.47 bits per heavy atom. The number of likely N-dealkylation sites (N-methyl/N-ethyl adjacent to an activating group) is 1. The lowest BCUT2D eigenvalue weighted by Gasteiger charge is -2.15. The predicted octanol–water partition coefficient (Wildman–Crippen LogP) is -1.23. The molecular weight excluding hydrogens is 228 g/mol. The zero-order valence-corrected chi connectivity index (χ0v) is 10.3. The molecule has 0 fully saturated rings. The van der Waals surface area contributed by atoms with Gasteiger partial charge in [0.2, 0.25) is 5.91 Å². The number of rotatable bonds is 6. The van der Waals surface area contributed by atoms with Crippen molar-refractivity contribution in [2.75, 3.05) is 40.5 Å². The summed E-state index contributed by atoms with van der Waals surface area (Å²) in [6.07, 6.45) is 0.